The Bertz CT molecular complexity index is 178. The van der Waals surface area contributed by atoms with E-state index in [0.717, 1.165) is 12.8 Å². The molecule has 1 N–H and O–H groups in total. The van der Waals surface area contributed by atoms with Crippen molar-refractivity contribution in [3.63, 3.8) is 0 Å². The second kappa shape index (κ2) is 4.09. The lowest BCUT2D eigenvalue weighted by Gasteiger charge is -2.24. The standard InChI is InChI=1S/C8H12O4/c9-5-12-7-3-1-2-6(4-7)8(10)11/h5-7H,1-4H2,(H,10,11). The fourth-order valence-corrected chi connectivity index (χ4v) is 1.57. The second-order valence-electron chi connectivity index (χ2n) is 3.06. The highest BCUT2D eigenvalue weighted by molar-refractivity contribution is 5.70. The summed E-state index contributed by atoms with van der Waals surface area (Å²) >= 11 is 0. The summed E-state index contributed by atoms with van der Waals surface area (Å²) in [7, 11) is 0. The zero-order valence-corrected chi connectivity index (χ0v) is 6.73. The smallest absolute Gasteiger partial charge is 0.306 e. The van der Waals surface area contributed by atoms with Crippen LogP contribution in [-0.4, -0.2) is 23.7 Å². The summed E-state index contributed by atoms with van der Waals surface area (Å²) in [6.45, 7) is 0.398. The van der Waals surface area contributed by atoms with Crippen LogP contribution in [0.2, 0.25) is 0 Å². The molecule has 0 aliphatic heterocycles. The Kier molecular flexibility index (Phi) is 3.08. The first-order valence-electron chi connectivity index (χ1n) is 4.06. The van der Waals surface area contributed by atoms with Gasteiger partial charge in [-0.2, -0.15) is 0 Å². The van der Waals surface area contributed by atoms with Crippen LogP contribution < -0.4 is 0 Å². The first-order valence-corrected chi connectivity index (χ1v) is 4.06. The molecular weight excluding hydrogens is 160 g/mol. The number of carboxylic acids is 1. The molecule has 12 heavy (non-hydrogen) atoms. The molecule has 0 amide bonds. The highest BCUT2D eigenvalue weighted by Crippen LogP contribution is 2.25. The SMILES string of the molecule is O=COC1CCCC(C(=O)O)C1. The van der Waals surface area contributed by atoms with Gasteiger partial charge < -0.3 is 9.84 Å². The third-order valence-electron chi connectivity index (χ3n) is 2.22. The van der Waals surface area contributed by atoms with E-state index in [1.54, 1.807) is 0 Å². The summed E-state index contributed by atoms with van der Waals surface area (Å²) in [6.07, 6.45) is 2.61. The summed E-state index contributed by atoms with van der Waals surface area (Å²) in [4.78, 5) is 20.5. The molecule has 0 bridgehead atoms. The van der Waals surface area contributed by atoms with E-state index in [2.05, 4.69) is 0 Å². The van der Waals surface area contributed by atoms with Gasteiger partial charge in [-0.15, -0.1) is 0 Å². The van der Waals surface area contributed by atoms with Gasteiger partial charge in [0.05, 0.1) is 5.92 Å². The molecule has 2 atom stereocenters. The van der Waals surface area contributed by atoms with E-state index in [1.807, 2.05) is 0 Å². The van der Waals surface area contributed by atoms with Crippen molar-refractivity contribution in [3.05, 3.63) is 0 Å². The van der Waals surface area contributed by atoms with Crippen LogP contribution in [0, 0.1) is 5.92 Å². The van der Waals surface area contributed by atoms with E-state index < -0.39 is 5.97 Å². The molecule has 4 nitrogen and oxygen atoms in total. The minimum Gasteiger partial charge on any atom is -0.481 e. The van der Waals surface area contributed by atoms with Crippen LogP contribution in [0.3, 0.4) is 0 Å². The number of aliphatic carboxylic acids is 1. The molecule has 0 heterocycles. The normalized spacial score (nSPS) is 29.3. The molecule has 0 aromatic rings. The van der Waals surface area contributed by atoms with Crippen LogP contribution in [0.1, 0.15) is 25.7 Å². The van der Waals surface area contributed by atoms with Gasteiger partial charge in [-0.1, -0.05) is 0 Å². The maximum atomic E-state index is 10.6. The lowest BCUT2D eigenvalue weighted by molar-refractivity contribution is -0.147. The Morgan fingerprint density at radius 1 is 1.50 bits per heavy atom. The van der Waals surface area contributed by atoms with Crippen molar-refractivity contribution < 1.29 is 19.4 Å². The van der Waals surface area contributed by atoms with Crippen molar-refractivity contribution >= 4 is 12.4 Å². The molecule has 0 aromatic carbocycles. The van der Waals surface area contributed by atoms with Crippen molar-refractivity contribution in [1.29, 1.82) is 0 Å². The van der Waals surface area contributed by atoms with Crippen molar-refractivity contribution in [3.8, 4) is 0 Å². The first-order chi connectivity index (χ1) is 5.74. The Balaban J connectivity index is 2.39. The molecule has 1 aliphatic carbocycles. The van der Waals surface area contributed by atoms with Gasteiger partial charge in [-0.25, -0.2) is 0 Å². The quantitative estimate of drug-likeness (QED) is 0.639. The molecule has 0 saturated heterocycles. The zero-order chi connectivity index (χ0) is 8.97. The molecule has 0 radical (unpaired) electrons. The number of hydrogen-bond donors (Lipinski definition) is 1. The Labute approximate surface area is 70.5 Å². The Morgan fingerprint density at radius 2 is 2.25 bits per heavy atom. The second-order valence-corrected chi connectivity index (χ2v) is 3.06. The molecule has 4 heteroatoms. The predicted molar refractivity (Wildman–Crippen MR) is 40.5 cm³/mol. The molecule has 1 saturated carbocycles. The predicted octanol–water partition coefficient (Wildman–Crippen LogP) is 0.803. The van der Waals surface area contributed by atoms with Crippen LogP contribution in [0.15, 0.2) is 0 Å². The lowest BCUT2D eigenvalue weighted by Crippen LogP contribution is -2.27. The van der Waals surface area contributed by atoms with Crippen molar-refractivity contribution in [2.75, 3.05) is 0 Å². The third kappa shape index (κ3) is 2.22. The molecule has 0 spiro atoms. The van der Waals surface area contributed by atoms with Crippen LogP contribution >= 0.6 is 0 Å². The van der Waals surface area contributed by atoms with Gasteiger partial charge in [0.25, 0.3) is 6.47 Å². The monoisotopic (exact) mass is 172 g/mol. The minimum absolute atomic E-state index is 0.183. The van der Waals surface area contributed by atoms with E-state index in [-0.39, 0.29) is 12.0 Å². The third-order valence-corrected chi connectivity index (χ3v) is 2.22. The number of carbonyl (C=O) groups is 2. The minimum atomic E-state index is -0.783. The Morgan fingerprint density at radius 3 is 2.83 bits per heavy atom. The van der Waals surface area contributed by atoms with Gasteiger partial charge in [0.15, 0.2) is 0 Å². The average Bonchev–Trinajstić information content (AvgIpc) is 2.05. The van der Waals surface area contributed by atoms with Gasteiger partial charge in [0.1, 0.15) is 6.10 Å². The average molecular weight is 172 g/mol. The first kappa shape index (κ1) is 9.03. The van der Waals surface area contributed by atoms with Crippen LogP contribution in [0.25, 0.3) is 0 Å². The van der Waals surface area contributed by atoms with Gasteiger partial charge in [-0.3, -0.25) is 9.59 Å². The van der Waals surface area contributed by atoms with Crippen molar-refractivity contribution in [1.82, 2.24) is 0 Å². The fourth-order valence-electron chi connectivity index (χ4n) is 1.57. The topological polar surface area (TPSA) is 63.6 Å². The highest BCUT2D eigenvalue weighted by atomic mass is 16.5. The molecule has 0 aromatic heterocycles. The number of carboxylic acid groups (broad SMARTS) is 1. The fraction of sp³-hybridized carbons (Fsp3) is 0.750. The molecular formula is C8H12O4. The maximum Gasteiger partial charge on any atom is 0.306 e. The van der Waals surface area contributed by atoms with Crippen molar-refractivity contribution in [2.45, 2.75) is 31.8 Å². The summed E-state index contributed by atoms with van der Waals surface area (Å²) in [5.41, 5.74) is 0. The van der Waals surface area contributed by atoms with Gasteiger partial charge in [0, 0.05) is 0 Å². The van der Waals surface area contributed by atoms with Gasteiger partial charge in [0.2, 0.25) is 0 Å². The van der Waals surface area contributed by atoms with E-state index in [0.29, 0.717) is 19.3 Å². The highest BCUT2D eigenvalue weighted by Gasteiger charge is 2.27. The summed E-state index contributed by atoms with van der Waals surface area (Å²) < 4.78 is 4.72. The van der Waals surface area contributed by atoms with Crippen LogP contribution in [0.4, 0.5) is 0 Å². The summed E-state index contributed by atoms with van der Waals surface area (Å²) in [5, 5.41) is 8.68. The number of rotatable bonds is 3. The van der Waals surface area contributed by atoms with Gasteiger partial charge >= 0.3 is 5.97 Å². The maximum absolute atomic E-state index is 10.6. The van der Waals surface area contributed by atoms with Gasteiger partial charge in [-0.05, 0) is 25.7 Å². The molecule has 2 unspecified atom stereocenters. The van der Waals surface area contributed by atoms with E-state index in [4.69, 9.17) is 9.84 Å². The molecule has 68 valence electrons. The van der Waals surface area contributed by atoms with Crippen LogP contribution in [-0.2, 0) is 14.3 Å². The zero-order valence-electron chi connectivity index (χ0n) is 6.73. The van der Waals surface area contributed by atoms with Crippen LogP contribution in [0.5, 0.6) is 0 Å². The van der Waals surface area contributed by atoms with E-state index >= 15 is 0 Å². The molecule has 1 aliphatic rings. The number of hydrogen-bond acceptors (Lipinski definition) is 3. The summed E-state index contributed by atoms with van der Waals surface area (Å²) in [6, 6.07) is 0. The molecule has 1 fully saturated rings. The Hall–Kier alpha value is -1.06. The lowest BCUT2D eigenvalue weighted by atomic mass is 9.87. The number of carbonyl (C=O) groups excluding carboxylic acids is 1. The van der Waals surface area contributed by atoms with Crippen molar-refractivity contribution in [2.24, 2.45) is 5.92 Å². The van der Waals surface area contributed by atoms with E-state index in [9.17, 15) is 9.59 Å². The largest absolute Gasteiger partial charge is 0.481 e. The number of ether oxygens (including phenoxy) is 1. The summed E-state index contributed by atoms with van der Waals surface area (Å²) in [5.74, 6) is -1.11. The van der Waals surface area contributed by atoms with E-state index in [1.165, 1.54) is 0 Å². The molecule has 1 rings (SSSR count).